The first-order chi connectivity index (χ1) is 25.4. The van der Waals surface area contributed by atoms with Crippen molar-refractivity contribution >= 4 is 99.1 Å². The highest BCUT2D eigenvalue weighted by Gasteiger charge is 2.22. The molecule has 0 aliphatic heterocycles. The summed E-state index contributed by atoms with van der Waals surface area (Å²) in [5, 5.41) is 4.65. The molecule has 9 aromatic rings. The number of rotatable bonds is 5. The molecule has 52 heavy (non-hydrogen) atoms. The molecule has 0 amide bonds. The average Bonchev–Trinajstić information content (AvgIpc) is 3.58. The molecule has 0 saturated heterocycles. The van der Waals surface area contributed by atoms with E-state index >= 15 is 0 Å². The van der Waals surface area contributed by atoms with Gasteiger partial charge in [-0.1, -0.05) is 138 Å². The fourth-order valence-electron chi connectivity index (χ4n) is 7.65. The highest BCUT2D eigenvalue weighted by Crippen LogP contribution is 2.46. The first-order valence-electron chi connectivity index (χ1n) is 17.1. The van der Waals surface area contributed by atoms with Crippen molar-refractivity contribution in [3.63, 3.8) is 0 Å². The molecule has 0 aliphatic carbocycles. The zero-order valence-electron chi connectivity index (χ0n) is 28.2. The van der Waals surface area contributed by atoms with Crippen LogP contribution in [0, 0.1) is 0 Å². The van der Waals surface area contributed by atoms with Gasteiger partial charge in [-0.15, -0.1) is 16.4 Å². The highest BCUT2D eigenvalue weighted by molar-refractivity contribution is 6.68. The van der Waals surface area contributed by atoms with Crippen LogP contribution in [0.15, 0.2) is 152 Å². The van der Waals surface area contributed by atoms with Gasteiger partial charge in [-0.25, -0.2) is 4.98 Å². The number of hydrogen-bond donors (Lipinski definition) is 0. The third kappa shape index (κ3) is 4.99. The van der Waals surface area contributed by atoms with E-state index in [2.05, 4.69) is 132 Å². The molecule has 0 unspecified atom stereocenters. The molecule has 7 heteroatoms. The lowest BCUT2D eigenvalue weighted by Crippen LogP contribution is -2.55. The Morgan fingerprint density at radius 1 is 0.385 bits per heavy atom. The zero-order chi connectivity index (χ0) is 35.5. The molecule has 0 N–H and O–H groups in total. The Balaban J connectivity index is 1.32. The minimum absolute atomic E-state index is 0.164. The van der Waals surface area contributed by atoms with Crippen LogP contribution >= 0.6 is 0 Å². The number of aromatic nitrogens is 2. The van der Waals surface area contributed by atoms with Crippen LogP contribution in [-0.2, 0) is 0 Å². The second-order valence-electron chi connectivity index (χ2n) is 13.0. The highest BCUT2D eigenvalue weighted by atomic mass is 15.1. The summed E-state index contributed by atoms with van der Waals surface area (Å²) in [6.07, 6.45) is 0. The third-order valence-corrected chi connectivity index (χ3v) is 10.1. The van der Waals surface area contributed by atoms with Crippen LogP contribution in [0.2, 0.25) is 0 Å². The lowest BCUT2D eigenvalue weighted by molar-refractivity contribution is 1.11. The molecule has 0 spiro atoms. The topological polar surface area (TPSA) is 17.8 Å². The summed E-state index contributed by atoms with van der Waals surface area (Å²) in [7, 11) is 32.1. The molecule has 0 atom stereocenters. The first kappa shape index (κ1) is 32.0. The third-order valence-electron chi connectivity index (χ3n) is 10.1. The fraction of sp³-hybridized carbons (Fsp3) is 0. The number of hydrogen-bond acceptors (Lipinski definition) is 1. The molecule has 2 nitrogen and oxygen atoms in total. The maximum atomic E-state index is 6.62. The summed E-state index contributed by atoms with van der Waals surface area (Å²) in [6.45, 7) is 0. The Hall–Kier alpha value is -5.93. The van der Waals surface area contributed by atoms with Gasteiger partial charge < -0.3 is 0 Å². The maximum Gasteiger partial charge on any atom is 0.144 e. The van der Waals surface area contributed by atoms with Crippen LogP contribution in [0.5, 0.6) is 0 Å². The molecule has 9 rings (SSSR count). The summed E-state index contributed by atoms with van der Waals surface area (Å²) in [5.41, 5.74) is 10.9. The van der Waals surface area contributed by atoms with E-state index in [0.29, 0.717) is 11.4 Å². The molecule has 8 aromatic carbocycles. The van der Waals surface area contributed by atoms with E-state index in [0.717, 1.165) is 38.6 Å². The van der Waals surface area contributed by atoms with Crippen molar-refractivity contribution in [2.45, 2.75) is 0 Å². The molecule has 0 fully saturated rings. The molecule has 1 heterocycles. The summed E-state index contributed by atoms with van der Waals surface area (Å²) < 4.78 is 2.06. The Bertz CT molecular complexity index is 2770. The van der Waals surface area contributed by atoms with E-state index < -0.39 is 0 Å². The quantitative estimate of drug-likeness (QED) is 0.166. The minimum atomic E-state index is 0.164. The second-order valence-corrected chi connectivity index (χ2v) is 13.0. The summed E-state index contributed by atoms with van der Waals surface area (Å²) in [6, 6.07) is 53.0. The van der Waals surface area contributed by atoms with Crippen molar-refractivity contribution in [2.75, 3.05) is 0 Å². The van der Waals surface area contributed by atoms with Crippen molar-refractivity contribution < 1.29 is 0 Å². The van der Waals surface area contributed by atoms with Crippen LogP contribution in [-0.4, -0.2) is 48.8 Å². The van der Waals surface area contributed by atoms with Crippen molar-refractivity contribution in [1.29, 1.82) is 0 Å². The van der Waals surface area contributed by atoms with Gasteiger partial charge in [-0.2, -0.15) is 0 Å². The normalized spacial score (nSPS) is 11.5. The van der Waals surface area contributed by atoms with Gasteiger partial charge in [0.15, 0.2) is 0 Å². The van der Waals surface area contributed by atoms with Crippen LogP contribution in [0.25, 0.3) is 83.0 Å². The standard InChI is InChI=1S/C45H25B5N2/c46-40-39(41(47)43(49)44(50)42(40)48)45-51-35-23-10-11-24-36(35)52(45)28-16-12-15-27(25-28)37-31-19-6-8-21-33(31)38(34-22-9-7-20-32(34)37)30-18-5-4-17-29(30)26-13-2-1-3-14-26/h1-25H. The average molecular weight is 648 g/mol. The SMILES string of the molecule is [B]c1c([B])c([B])c(-c2nc3ccccc3n2-c2cccc(-c3c4ccccc4c(-c4ccccc4-c4ccccc4)c4ccccc34)c2)c([B])c1[B]. The van der Waals surface area contributed by atoms with Gasteiger partial charge in [0.1, 0.15) is 45.1 Å². The van der Waals surface area contributed by atoms with Crippen LogP contribution < -0.4 is 27.3 Å². The summed E-state index contributed by atoms with van der Waals surface area (Å²) in [4.78, 5) is 5.02. The molecule has 230 valence electrons. The smallest absolute Gasteiger partial charge is 0.144 e. The minimum Gasteiger partial charge on any atom is -0.292 e. The molecule has 10 radical (unpaired) electrons. The maximum absolute atomic E-state index is 6.62. The Morgan fingerprint density at radius 3 is 1.54 bits per heavy atom. The van der Waals surface area contributed by atoms with E-state index in [-0.39, 0.29) is 27.3 Å². The van der Waals surface area contributed by atoms with Crippen LogP contribution in [0.1, 0.15) is 0 Å². The molecule has 0 bridgehead atoms. The fourth-order valence-corrected chi connectivity index (χ4v) is 7.65. The van der Waals surface area contributed by atoms with Crippen molar-refractivity contribution in [3.8, 4) is 50.5 Å². The van der Waals surface area contributed by atoms with Gasteiger partial charge in [0, 0.05) is 11.3 Å². The number of fused-ring (bicyclic) bond motifs is 3. The number of imidazole rings is 1. The van der Waals surface area contributed by atoms with Gasteiger partial charge in [0.2, 0.25) is 0 Å². The number of benzene rings is 8. The molecule has 0 aliphatic rings. The van der Waals surface area contributed by atoms with Crippen LogP contribution in [0.3, 0.4) is 0 Å². The van der Waals surface area contributed by atoms with Crippen molar-refractivity contribution in [1.82, 2.24) is 9.55 Å². The van der Waals surface area contributed by atoms with E-state index in [1.54, 1.807) is 0 Å². The zero-order valence-corrected chi connectivity index (χ0v) is 28.2. The Labute approximate surface area is 309 Å². The Kier molecular flexibility index (Phi) is 7.81. The predicted octanol–water partition coefficient (Wildman–Crippen LogP) is 5.97. The molecule has 1 aromatic heterocycles. The van der Waals surface area contributed by atoms with Gasteiger partial charge in [0.25, 0.3) is 0 Å². The molecular weight excluding hydrogens is 623 g/mol. The lowest BCUT2D eigenvalue weighted by atomic mass is 9.60. The van der Waals surface area contributed by atoms with Gasteiger partial charge in [-0.05, 0) is 79.2 Å². The van der Waals surface area contributed by atoms with E-state index in [4.69, 9.17) is 44.2 Å². The second kappa shape index (κ2) is 12.7. The lowest BCUT2D eigenvalue weighted by Gasteiger charge is -2.22. The summed E-state index contributed by atoms with van der Waals surface area (Å²) in [5.74, 6) is 0.523. The van der Waals surface area contributed by atoms with Gasteiger partial charge >= 0.3 is 0 Å². The van der Waals surface area contributed by atoms with Gasteiger partial charge in [-0.3, -0.25) is 4.57 Å². The van der Waals surface area contributed by atoms with Crippen molar-refractivity contribution in [2.24, 2.45) is 0 Å². The van der Waals surface area contributed by atoms with E-state index in [1.165, 1.54) is 33.0 Å². The van der Waals surface area contributed by atoms with E-state index in [1.807, 2.05) is 24.3 Å². The monoisotopic (exact) mass is 648 g/mol. The number of para-hydroxylation sites is 2. The predicted molar refractivity (Wildman–Crippen MR) is 225 cm³/mol. The molecular formula is C45H25B5N2. The summed E-state index contributed by atoms with van der Waals surface area (Å²) >= 11 is 0. The molecule has 0 saturated carbocycles. The van der Waals surface area contributed by atoms with E-state index in [9.17, 15) is 0 Å². The van der Waals surface area contributed by atoms with Gasteiger partial charge in [0.05, 0.1) is 11.0 Å². The number of nitrogens with zero attached hydrogens (tertiary/aromatic N) is 2. The largest absolute Gasteiger partial charge is 0.292 e. The van der Waals surface area contributed by atoms with Crippen LogP contribution in [0.4, 0.5) is 0 Å². The Morgan fingerprint density at radius 2 is 0.885 bits per heavy atom. The first-order valence-corrected chi connectivity index (χ1v) is 17.1. The van der Waals surface area contributed by atoms with Crippen molar-refractivity contribution in [3.05, 3.63) is 152 Å².